The highest BCUT2D eigenvalue weighted by Gasteiger charge is 2.17. The van der Waals surface area contributed by atoms with Gasteiger partial charge in [0.05, 0.1) is 21.7 Å². The number of hydrogen-bond acceptors (Lipinski definition) is 4. The second-order valence-corrected chi connectivity index (χ2v) is 10.3. The van der Waals surface area contributed by atoms with Gasteiger partial charge in [-0.15, -0.1) is 0 Å². The number of anilines is 1. The highest BCUT2D eigenvalue weighted by molar-refractivity contribution is 7.92. The zero-order valence-corrected chi connectivity index (χ0v) is 18.7. The van der Waals surface area contributed by atoms with Gasteiger partial charge < -0.3 is 0 Å². The minimum Gasteiger partial charge on any atom is -0.294 e. The lowest BCUT2D eigenvalue weighted by molar-refractivity contribution is 0.601. The van der Waals surface area contributed by atoms with Gasteiger partial charge in [-0.2, -0.15) is 0 Å². The number of sulfonamides is 1. The monoisotopic (exact) mass is 458 g/mol. The Hall–Kier alpha value is -2.61. The molecule has 154 valence electrons. The van der Waals surface area contributed by atoms with Gasteiger partial charge in [0.25, 0.3) is 10.0 Å². The Morgan fingerprint density at radius 3 is 2.30 bits per heavy atom. The van der Waals surface area contributed by atoms with Gasteiger partial charge in [0.1, 0.15) is 0 Å². The summed E-state index contributed by atoms with van der Waals surface area (Å²) in [7, 11) is -3.77. The molecule has 4 aromatic rings. The standard InChI is InChI=1S/C22H19ClN2O3S2/c1-14-9-15(2)11-18(10-14)24-30(27,28)19-7-8-20-21(12-19)29-22(26)25(20)13-16-3-5-17(23)6-4-16/h3-12,24H,13H2,1-2H3. The van der Waals surface area contributed by atoms with E-state index >= 15 is 0 Å². The quantitative estimate of drug-likeness (QED) is 0.448. The van der Waals surface area contributed by atoms with E-state index in [1.165, 1.54) is 6.07 Å². The maximum atomic E-state index is 12.9. The van der Waals surface area contributed by atoms with E-state index in [0.29, 0.717) is 27.5 Å². The van der Waals surface area contributed by atoms with E-state index in [0.717, 1.165) is 28.0 Å². The van der Waals surface area contributed by atoms with E-state index in [9.17, 15) is 13.2 Å². The Morgan fingerprint density at radius 2 is 1.63 bits per heavy atom. The van der Waals surface area contributed by atoms with Crippen molar-refractivity contribution in [3.05, 3.63) is 92.0 Å². The van der Waals surface area contributed by atoms with Crippen LogP contribution in [0.2, 0.25) is 5.02 Å². The van der Waals surface area contributed by atoms with Crippen molar-refractivity contribution in [3.8, 4) is 0 Å². The zero-order valence-electron chi connectivity index (χ0n) is 16.3. The van der Waals surface area contributed by atoms with Crippen molar-refractivity contribution in [2.45, 2.75) is 25.3 Å². The van der Waals surface area contributed by atoms with Crippen molar-refractivity contribution in [1.82, 2.24) is 4.57 Å². The Bertz CT molecular complexity index is 1380. The fourth-order valence-electron chi connectivity index (χ4n) is 3.38. The van der Waals surface area contributed by atoms with E-state index in [4.69, 9.17) is 11.6 Å². The molecule has 3 aromatic carbocycles. The molecular formula is C22H19ClN2O3S2. The van der Waals surface area contributed by atoms with Crippen molar-refractivity contribution in [2.75, 3.05) is 4.72 Å². The molecule has 30 heavy (non-hydrogen) atoms. The van der Waals surface area contributed by atoms with Crippen molar-refractivity contribution in [2.24, 2.45) is 0 Å². The molecule has 0 spiro atoms. The van der Waals surface area contributed by atoms with Gasteiger partial charge in [-0.05, 0) is 73.0 Å². The largest absolute Gasteiger partial charge is 0.308 e. The molecule has 0 aliphatic heterocycles. The van der Waals surface area contributed by atoms with Crippen LogP contribution in [0.3, 0.4) is 0 Å². The summed E-state index contributed by atoms with van der Waals surface area (Å²) in [6.45, 7) is 4.22. The number of nitrogens with one attached hydrogen (secondary N) is 1. The second-order valence-electron chi connectivity index (χ2n) is 7.19. The zero-order chi connectivity index (χ0) is 21.5. The average Bonchev–Trinajstić information content (AvgIpc) is 2.97. The topological polar surface area (TPSA) is 68.2 Å². The van der Waals surface area contributed by atoms with Crippen LogP contribution in [0, 0.1) is 13.8 Å². The first-order valence-electron chi connectivity index (χ1n) is 9.20. The number of benzene rings is 3. The predicted octanol–water partition coefficient (Wildman–Crippen LogP) is 5.18. The molecule has 0 aliphatic carbocycles. The second kappa shape index (κ2) is 7.91. The van der Waals surface area contributed by atoms with Crippen molar-refractivity contribution < 1.29 is 8.42 Å². The fraction of sp³-hybridized carbons (Fsp3) is 0.136. The normalized spacial score (nSPS) is 11.7. The molecular weight excluding hydrogens is 440 g/mol. The molecule has 0 bridgehead atoms. The first kappa shape index (κ1) is 20.7. The first-order valence-corrected chi connectivity index (χ1v) is 11.9. The molecule has 0 amide bonds. The summed E-state index contributed by atoms with van der Waals surface area (Å²) >= 11 is 6.96. The van der Waals surface area contributed by atoms with E-state index < -0.39 is 10.0 Å². The average molecular weight is 459 g/mol. The third-order valence-electron chi connectivity index (χ3n) is 4.68. The van der Waals surface area contributed by atoms with Crippen molar-refractivity contribution in [3.63, 3.8) is 0 Å². The molecule has 1 N–H and O–H groups in total. The summed E-state index contributed by atoms with van der Waals surface area (Å²) in [5.74, 6) is 0. The molecule has 8 heteroatoms. The fourth-order valence-corrected chi connectivity index (χ4v) is 5.58. The van der Waals surface area contributed by atoms with Gasteiger partial charge in [-0.3, -0.25) is 14.1 Å². The van der Waals surface area contributed by atoms with Gasteiger partial charge >= 0.3 is 4.87 Å². The van der Waals surface area contributed by atoms with Crippen LogP contribution in [-0.2, 0) is 16.6 Å². The smallest absolute Gasteiger partial charge is 0.294 e. The lowest BCUT2D eigenvalue weighted by atomic mass is 10.1. The van der Waals surface area contributed by atoms with Crippen LogP contribution in [-0.4, -0.2) is 13.0 Å². The number of hydrogen-bond donors (Lipinski definition) is 1. The summed E-state index contributed by atoms with van der Waals surface area (Å²) in [6.07, 6.45) is 0. The lowest BCUT2D eigenvalue weighted by Crippen LogP contribution is -2.14. The van der Waals surface area contributed by atoms with Crippen LogP contribution in [0.15, 0.2) is 70.4 Å². The Labute approximate surface area is 183 Å². The third kappa shape index (κ3) is 4.28. The molecule has 0 aliphatic rings. The van der Waals surface area contributed by atoms with Crippen molar-refractivity contribution in [1.29, 1.82) is 0 Å². The molecule has 0 fully saturated rings. The number of rotatable bonds is 5. The first-order chi connectivity index (χ1) is 14.2. The summed E-state index contributed by atoms with van der Waals surface area (Å²) in [6, 6.07) is 17.6. The third-order valence-corrected chi connectivity index (χ3v) is 7.25. The number of thiazole rings is 1. The molecule has 1 heterocycles. The molecule has 0 radical (unpaired) electrons. The lowest BCUT2D eigenvalue weighted by Gasteiger charge is -2.10. The van der Waals surface area contributed by atoms with Crippen LogP contribution in [0.1, 0.15) is 16.7 Å². The molecule has 0 saturated heterocycles. The maximum absolute atomic E-state index is 12.9. The van der Waals surface area contributed by atoms with Crippen molar-refractivity contribution >= 4 is 48.9 Å². The number of aromatic nitrogens is 1. The minimum absolute atomic E-state index is 0.119. The molecule has 4 rings (SSSR count). The van der Waals surface area contributed by atoms with E-state index in [2.05, 4.69) is 4.72 Å². The Kier molecular flexibility index (Phi) is 5.44. The van der Waals surface area contributed by atoms with Crippen LogP contribution in [0.5, 0.6) is 0 Å². The SMILES string of the molecule is Cc1cc(C)cc(NS(=O)(=O)c2ccc3c(c2)sc(=O)n3Cc2ccc(Cl)cc2)c1. The predicted molar refractivity (Wildman–Crippen MR) is 123 cm³/mol. The van der Waals surface area contributed by atoms with E-state index in [1.54, 1.807) is 41.0 Å². The molecule has 5 nitrogen and oxygen atoms in total. The van der Waals surface area contributed by atoms with Gasteiger partial charge in [0.15, 0.2) is 0 Å². The van der Waals surface area contributed by atoms with E-state index in [1.807, 2.05) is 32.0 Å². The molecule has 0 unspecified atom stereocenters. The van der Waals surface area contributed by atoms with Gasteiger partial charge in [-0.25, -0.2) is 8.42 Å². The Balaban J connectivity index is 1.68. The van der Waals surface area contributed by atoms with Gasteiger partial charge in [-0.1, -0.05) is 41.1 Å². The Morgan fingerprint density at radius 1 is 0.967 bits per heavy atom. The minimum atomic E-state index is -3.77. The number of aryl methyl sites for hydroxylation is 2. The number of fused-ring (bicyclic) bond motifs is 1. The van der Waals surface area contributed by atoms with Crippen LogP contribution >= 0.6 is 22.9 Å². The molecule has 0 saturated carbocycles. The molecule has 0 atom stereocenters. The molecule has 1 aromatic heterocycles. The maximum Gasteiger partial charge on any atom is 0.308 e. The van der Waals surface area contributed by atoms with E-state index in [-0.39, 0.29) is 9.77 Å². The number of halogens is 1. The summed E-state index contributed by atoms with van der Waals surface area (Å²) in [5.41, 5.74) is 4.10. The summed E-state index contributed by atoms with van der Waals surface area (Å²) < 4.78 is 30.6. The number of nitrogens with zero attached hydrogens (tertiary/aromatic N) is 1. The summed E-state index contributed by atoms with van der Waals surface area (Å²) in [5, 5.41) is 0.632. The van der Waals surface area contributed by atoms with Crippen LogP contribution in [0.4, 0.5) is 5.69 Å². The van der Waals surface area contributed by atoms with Gasteiger partial charge in [0.2, 0.25) is 0 Å². The van der Waals surface area contributed by atoms with Gasteiger partial charge in [0, 0.05) is 10.7 Å². The highest BCUT2D eigenvalue weighted by Crippen LogP contribution is 2.25. The van der Waals surface area contributed by atoms with Crippen LogP contribution < -0.4 is 9.60 Å². The van der Waals surface area contributed by atoms with Crippen LogP contribution in [0.25, 0.3) is 10.2 Å². The summed E-state index contributed by atoms with van der Waals surface area (Å²) in [4.78, 5) is 12.5. The highest BCUT2D eigenvalue weighted by atomic mass is 35.5.